The predicted octanol–water partition coefficient (Wildman–Crippen LogP) is 2.77. The number of hydrogen-bond donors (Lipinski definition) is 7. The van der Waals surface area contributed by atoms with Gasteiger partial charge >= 0.3 is 0 Å². The third kappa shape index (κ3) is 11.1. The zero-order valence-corrected chi connectivity index (χ0v) is 21.8. The summed E-state index contributed by atoms with van der Waals surface area (Å²) in [5.41, 5.74) is 7.89. The SMILES string of the molecule is CC.C[C@@H](NC(=O)C(O)[C@@H](O)C(=O)NCCCNc1cccc(Cl)c1)c1ccc(N/C=C\CN)cc1. The number of halogens is 1. The van der Waals surface area contributed by atoms with Gasteiger partial charge in [-0.25, -0.2) is 0 Å². The molecule has 2 aromatic rings. The van der Waals surface area contributed by atoms with E-state index in [1.807, 2.05) is 50.2 Å². The molecule has 10 heteroatoms. The number of rotatable bonds is 13. The second-order valence-electron chi connectivity index (χ2n) is 7.61. The van der Waals surface area contributed by atoms with Crippen LogP contribution in [0.2, 0.25) is 5.02 Å². The summed E-state index contributed by atoms with van der Waals surface area (Å²) in [6, 6.07) is 14.1. The first-order valence-corrected chi connectivity index (χ1v) is 12.3. The summed E-state index contributed by atoms with van der Waals surface area (Å²) in [6.45, 7) is 6.99. The van der Waals surface area contributed by atoms with Gasteiger partial charge < -0.3 is 37.2 Å². The van der Waals surface area contributed by atoms with Gasteiger partial charge in [-0.05, 0) is 55.4 Å². The van der Waals surface area contributed by atoms with E-state index in [2.05, 4.69) is 21.3 Å². The van der Waals surface area contributed by atoms with E-state index in [1.165, 1.54) is 0 Å². The molecule has 0 fully saturated rings. The van der Waals surface area contributed by atoms with Gasteiger partial charge in [-0.3, -0.25) is 9.59 Å². The Morgan fingerprint density at radius 1 is 1.00 bits per heavy atom. The van der Waals surface area contributed by atoms with Crippen LogP contribution in [-0.4, -0.2) is 53.9 Å². The number of hydrogen-bond acceptors (Lipinski definition) is 7. The minimum absolute atomic E-state index is 0.259. The molecule has 0 aliphatic rings. The number of anilines is 2. The highest BCUT2D eigenvalue weighted by atomic mass is 35.5. The Balaban J connectivity index is 0.00000316. The number of carbonyl (C=O) groups excluding carboxylic acids is 2. The normalized spacial score (nSPS) is 13.1. The monoisotopic (exact) mass is 519 g/mol. The van der Waals surface area contributed by atoms with Crippen LogP contribution in [0.4, 0.5) is 11.4 Å². The topological polar surface area (TPSA) is 149 Å². The van der Waals surface area contributed by atoms with E-state index in [0.717, 1.165) is 16.9 Å². The molecule has 0 aliphatic carbocycles. The van der Waals surface area contributed by atoms with Crippen molar-refractivity contribution in [1.82, 2.24) is 10.6 Å². The third-order valence-electron chi connectivity index (χ3n) is 4.92. The van der Waals surface area contributed by atoms with Crippen LogP contribution < -0.4 is 27.0 Å². The lowest BCUT2D eigenvalue weighted by Gasteiger charge is -2.20. The first-order valence-electron chi connectivity index (χ1n) is 12.0. The summed E-state index contributed by atoms with van der Waals surface area (Å²) >= 11 is 5.92. The molecule has 8 N–H and O–H groups in total. The second kappa shape index (κ2) is 17.3. The van der Waals surface area contributed by atoms with E-state index in [0.29, 0.717) is 24.5 Å². The summed E-state index contributed by atoms with van der Waals surface area (Å²) in [5.74, 6) is -1.66. The van der Waals surface area contributed by atoms with Crippen LogP contribution in [-0.2, 0) is 9.59 Å². The third-order valence-corrected chi connectivity index (χ3v) is 5.15. The molecule has 1 unspecified atom stereocenters. The maximum Gasteiger partial charge on any atom is 0.252 e. The van der Waals surface area contributed by atoms with Crippen molar-refractivity contribution in [2.24, 2.45) is 5.73 Å². The lowest BCUT2D eigenvalue weighted by atomic mass is 10.1. The lowest BCUT2D eigenvalue weighted by molar-refractivity contribution is -0.146. The highest BCUT2D eigenvalue weighted by molar-refractivity contribution is 6.30. The van der Waals surface area contributed by atoms with Crippen molar-refractivity contribution in [3.05, 3.63) is 71.4 Å². The zero-order valence-electron chi connectivity index (χ0n) is 21.0. The molecular formula is C26H38ClN5O4. The quantitative estimate of drug-likeness (QED) is 0.201. The molecule has 9 nitrogen and oxygen atoms in total. The van der Waals surface area contributed by atoms with Crippen LogP contribution in [0.3, 0.4) is 0 Å². The molecule has 3 atom stereocenters. The van der Waals surface area contributed by atoms with Gasteiger partial charge in [-0.15, -0.1) is 0 Å². The average Bonchev–Trinajstić information content (AvgIpc) is 2.89. The smallest absolute Gasteiger partial charge is 0.252 e. The van der Waals surface area contributed by atoms with E-state index in [9.17, 15) is 19.8 Å². The van der Waals surface area contributed by atoms with Crippen LogP contribution >= 0.6 is 11.6 Å². The molecule has 0 bridgehead atoms. The van der Waals surface area contributed by atoms with Crippen LogP contribution in [0, 0.1) is 0 Å². The fourth-order valence-electron chi connectivity index (χ4n) is 3.00. The Hall–Kier alpha value is -3.11. The Kier molecular flexibility index (Phi) is 14.9. The van der Waals surface area contributed by atoms with E-state index in [1.54, 1.807) is 31.3 Å². The number of nitrogens with one attached hydrogen (secondary N) is 4. The summed E-state index contributed by atoms with van der Waals surface area (Å²) in [6.07, 6.45) is 0.302. The van der Waals surface area contributed by atoms with Crippen molar-refractivity contribution in [3.63, 3.8) is 0 Å². The van der Waals surface area contributed by atoms with Gasteiger partial charge in [-0.2, -0.15) is 0 Å². The van der Waals surface area contributed by atoms with Gasteiger partial charge in [0.05, 0.1) is 6.04 Å². The standard InChI is InChI=1S/C24H32ClN5O4.C2H6/c1-16(17-7-9-19(10-8-17)27-12-3-11-26)30-24(34)22(32)21(31)23(33)29-14-4-13-28-20-6-2-5-18(25)15-20;1-2/h2-3,5-10,12,15-16,21-22,27-28,31-32H,4,11,13-14,26H2,1H3,(H,29,33)(H,30,34);1-2H3/b12-3-;/t16-,21-,22?;/m1./s1. The molecule has 0 saturated heterocycles. The Labute approximate surface area is 218 Å². The Morgan fingerprint density at radius 3 is 2.31 bits per heavy atom. The minimum atomic E-state index is -1.89. The average molecular weight is 520 g/mol. The van der Waals surface area contributed by atoms with Gasteiger partial charge in [-0.1, -0.05) is 49.7 Å². The highest BCUT2D eigenvalue weighted by Crippen LogP contribution is 2.17. The van der Waals surface area contributed by atoms with E-state index < -0.39 is 30.1 Å². The molecular weight excluding hydrogens is 482 g/mol. The first kappa shape index (κ1) is 30.9. The van der Waals surface area contributed by atoms with Gasteiger partial charge in [0.15, 0.2) is 12.2 Å². The molecule has 36 heavy (non-hydrogen) atoms. The number of carbonyl (C=O) groups is 2. The number of nitrogens with two attached hydrogens (primary N) is 1. The number of aliphatic hydroxyl groups is 2. The van der Waals surface area contributed by atoms with Crippen LogP contribution in [0.25, 0.3) is 0 Å². The van der Waals surface area contributed by atoms with Crippen molar-refractivity contribution in [1.29, 1.82) is 0 Å². The van der Waals surface area contributed by atoms with Crippen molar-refractivity contribution in [2.45, 2.75) is 45.4 Å². The summed E-state index contributed by atoms with van der Waals surface area (Å²) in [7, 11) is 0. The second-order valence-corrected chi connectivity index (χ2v) is 8.04. The first-order chi connectivity index (χ1) is 17.3. The lowest BCUT2D eigenvalue weighted by Crippen LogP contribution is -2.50. The molecule has 0 aliphatic heterocycles. The molecule has 2 aromatic carbocycles. The predicted molar refractivity (Wildman–Crippen MR) is 146 cm³/mol. The molecule has 198 valence electrons. The molecule has 0 aromatic heterocycles. The fourth-order valence-corrected chi connectivity index (χ4v) is 3.19. The van der Waals surface area contributed by atoms with Crippen molar-refractivity contribution >= 4 is 34.8 Å². The molecule has 0 radical (unpaired) electrons. The van der Waals surface area contributed by atoms with E-state index >= 15 is 0 Å². The van der Waals surface area contributed by atoms with Gasteiger partial charge in [0, 0.05) is 36.0 Å². The van der Waals surface area contributed by atoms with Crippen molar-refractivity contribution < 1.29 is 19.8 Å². The maximum absolute atomic E-state index is 12.3. The van der Waals surface area contributed by atoms with Crippen LogP contribution in [0.5, 0.6) is 0 Å². The van der Waals surface area contributed by atoms with E-state index in [-0.39, 0.29) is 6.54 Å². The van der Waals surface area contributed by atoms with Crippen LogP contribution in [0.15, 0.2) is 60.8 Å². The summed E-state index contributed by atoms with van der Waals surface area (Å²) in [5, 5.41) is 32.1. The Morgan fingerprint density at radius 2 is 1.67 bits per heavy atom. The minimum Gasteiger partial charge on any atom is -0.385 e. The van der Waals surface area contributed by atoms with Crippen LogP contribution in [0.1, 0.15) is 38.8 Å². The molecule has 0 saturated carbocycles. The Bertz CT molecular complexity index is 956. The summed E-state index contributed by atoms with van der Waals surface area (Å²) < 4.78 is 0. The summed E-state index contributed by atoms with van der Waals surface area (Å²) in [4.78, 5) is 24.4. The van der Waals surface area contributed by atoms with Crippen molar-refractivity contribution in [3.8, 4) is 0 Å². The maximum atomic E-state index is 12.3. The molecule has 0 heterocycles. The van der Waals surface area contributed by atoms with E-state index in [4.69, 9.17) is 17.3 Å². The molecule has 0 spiro atoms. The largest absolute Gasteiger partial charge is 0.385 e. The molecule has 2 amide bonds. The highest BCUT2D eigenvalue weighted by Gasteiger charge is 2.30. The number of aliphatic hydroxyl groups excluding tert-OH is 2. The van der Waals surface area contributed by atoms with Gasteiger partial charge in [0.1, 0.15) is 0 Å². The van der Waals surface area contributed by atoms with Gasteiger partial charge in [0.25, 0.3) is 11.8 Å². The van der Waals surface area contributed by atoms with Crippen molar-refractivity contribution in [2.75, 3.05) is 30.3 Å². The number of amides is 2. The zero-order chi connectivity index (χ0) is 26.9. The fraction of sp³-hybridized carbons (Fsp3) is 0.385. The number of benzene rings is 2. The van der Waals surface area contributed by atoms with Gasteiger partial charge in [0.2, 0.25) is 0 Å². The molecule has 2 rings (SSSR count).